The summed E-state index contributed by atoms with van der Waals surface area (Å²) in [5.41, 5.74) is 5.65. The zero-order valence-electron chi connectivity index (χ0n) is 16.0. The van der Waals surface area contributed by atoms with Crippen LogP contribution in [-0.4, -0.2) is 37.8 Å². The third kappa shape index (κ3) is 2.86. The summed E-state index contributed by atoms with van der Waals surface area (Å²) < 4.78 is 0. The Labute approximate surface area is 168 Å². The molecule has 0 aliphatic carbocycles. The van der Waals surface area contributed by atoms with Crippen molar-refractivity contribution in [2.75, 3.05) is 17.7 Å². The third-order valence-corrected chi connectivity index (χ3v) is 6.19. The molecule has 0 unspecified atom stereocenters. The quantitative estimate of drug-likeness (QED) is 0.519. The molecular formula is C21H22N6S. The number of aryl methyl sites for hydroxylation is 1. The maximum atomic E-state index is 4.99. The number of H-pyrrole nitrogens is 1. The lowest BCUT2D eigenvalue weighted by Gasteiger charge is -2.27. The number of hydrogen-bond acceptors (Lipinski definition) is 5. The molecule has 3 heterocycles. The van der Waals surface area contributed by atoms with Gasteiger partial charge in [0.2, 0.25) is 0 Å². The summed E-state index contributed by atoms with van der Waals surface area (Å²) in [5.74, 6) is 1.06. The Kier molecular flexibility index (Phi) is 4.31. The molecule has 2 aromatic carbocycles. The van der Waals surface area contributed by atoms with Crippen LogP contribution in [0.25, 0.3) is 16.7 Å². The monoisotopic (exact) mass is 390 g/mol. The molecule has 0 amide bonds. The Morgan fingerprint density at radius 3 is 2.79 bits per heavy atom. The van der Waals surface area contributed by atoms with E-state index >= 15 is 0 Å². The predicted octanol–water partition coefficient (Wildman–Crippen LogP) is 4.52. The number of nitrogens with zero attached hydrogens (tertiary/aromatic N) is 5. The van der Waals surface area contributed by atoms with E-state index in [-0.39, 0.29) is 6.04 Å². The molecule has 0 saturated carbocycles. The van der Waals surface area contributed by atoms with E-state index in [0.717, 1.165) is 35.5 Å². The summed E-state index contributed by atoms with van der Waals surface area (Å²) in [6.07, 6.45) is 7.77. The Balaban J connectivity index is 1.51. The number of aromatic amines is 1. The maximum Gasteiger partial charge on any atom is 0.130 e. The van der Waals surface area contributed by atoms with E-state index in [1.165, 1.54) is 22.6 Å². The molecule has 4 aromatic rings. The molecule has 1 saturated heterocycles. The molecule has 5 rings (SSSR count). The van der Waals surface area contributed by atoms with Gasteiger partial charge in [-0.3, -0.25) is 0 Å². The van der Waals surface area contributed by atoms with Gasteiger partial charge in [-0.1, -0.05) is 6.07 Å². The Bertz CT molecular complexity index is 1120. The summed E-state index contributed by atoms with van der Waals surface area (Å²) in [5, 5.41) is 8.47. The largest absolute Gasteiger partial charge is 0.361 e. The second-order valence-corrected chi connectivity index (χ2v) is 7.97. The molecule has 1 fully saturated rings. The van der Waals surface area contributed by atoms with Crippen LogP contribution < -0.4 is 4.90 Å². The molecule has 0 bridgehead atoms. The first kappa shape index (κ1) is 17.3. The van der Waals surface area contributed by atoms with Crippen molar-refractivity contribution in [3.05, 3.63) is 60.2 Å². The summed E-state index contributed by atoms with van der Waals surface area (Å²) in [6.45, 7) is 3.19. The number of hydrogen-bond donors (Lipinski definition) is 1. The van der Waals surface area contributed by atoms with Crippen LogP contribution in [0.1, 0.15) is 30.3 Å². The molecule has 1 aliphatic rings. The number of aromatic nitrogens is 5. The average Bonchev–Trinajstić information content (AvgIpc) is 3.46. The zero-order valence-corrected chi connectivity index (χ0v) is 16.8. The SMILES string of the molecule is CSc1cccc2[nH]c([C@@H]3CCCN3c3ccc(-n4nccn4)cc3C)nc12. The average molecular weight is 391 g/mol. The Morgan fingerprint density at radius 1 is 1.14 bits per heavy atom. The lowest BCUT2D eigenvalue weighted by Crippen LogP contribution is -2.24. The number of thioether (sulfide) groups is 1. The van der Waals surface area contributed by atoms with Crippen LogP contribution in [0.5, 0.6) is 0 Å². The number of para-hydroxylation sites is 1. The Morgan fingerprint density at radius 2 is 2.00 bits per heavy atom. The molecule has 142 valence electrons. The number of nitrogens with one attached hydrogen (secondary N) is 1. The minimum atomic E-state index is 0.273. The summed E-state index contributed by atoms with van der Waals surface area (Å²) >= 11 is 1.74. The molecule has 1 N–H and O–H groups in total. The molecule has 0 radical (unpaired) electrons. The third-order valence-electron chi connectivity index (χ3n) is 5.42. The van der Waals surface area contributed by atoms with Gasteiger partial charge in [-0.05, 0) is 61.9 Å². The molecular weight excluding hydrogens is 368 g/mol. The van der Waals surface area contributed by atoms with Crippen molar-refractivity contribution < 1.29 is 0 Å². The molecule has 7 heteroatoms. The number of rotatable bonds is 4. The standard InChI is InChI=1S/C21H22N6S/c1-14-13-15(27-22-10-11-23-27)8-9-17(14)26-12-4-6-18(26)21-24-16-5-3-7-19(28-2)20(16)25-21/h3,5,7-11,13,18H,4,6,12H2,1-2H3,(H,24,25)/t18-/m0/s1. The van der Waals surface area contributed by atoms with E-state index in [2.05, 4.69) is 69.7 Å². The fourth-order valence-corrected chi connectivity index (χ4v) is 4.69. The molecule has 1 aliphatic heterocycles. The lowest BCUT2D eigenvalue weighted by molar-refractivity contribution is 0.677. The van der Waals surface area contributed by atoms with Crippen LogP contribution in [0, 0.1) is 6.92 Å². The molecule has 0 spiro atoms. The van der Waals surface area contributed by atoms with Crippen molar-refractivity contribution in [1.82, 2.24) is 25.0 Å². The van der Waals surface area contributed by atoms with Gasteiger partial charge in [0.05, 0.1) is 29.6 Å². The number of benzene rings is 2. The fourth-order valence-electron chi connectivity index (χ4n) is 4.12. The van der Waals surface area contributed by atoms with Crippen molar-refractivity contribution in [3.63, 3.8) is 0 Å². The van der Waals surface area contributed by atoms with Gasteiger partial charge in [-0.15, -0.1) is 11.8 Å². The summed E-state index contributed by atoms with van der Waals surface area (Å²) in [4.78, 5) is 13.9. The van der Waals surface area contributed by atoms with Crippen molar-refractivity contribution in [3.8, 4) is 5.69 Å². The number of anilines is 1. The van der Waals surface area contributed by atoms with Gasteiger partial charge in [0, 0.05) is 17.1 Å². The molecule has 2 aromatic heterocycles. The van der Waals surface area contributed by atoms with Crippen LogP contribution in [0.3, 0.4) is 0 Å². The van der Waals surface area contributed by atoms with Crippen molar-refractivity contribution in [2.24, 2.45) is 0 Å². The van der Waals surface area contributed by atoms with E-state index in [0.29, 0.717) is 0 Å². The van der Waals surface area contributed by atoms with Crippen molar-refractivity contribution in [1.29, 1.82) is 0 Å². The number of fused-ring (bicyclic) bond motifs is 1. The Hall–Kier alpha value is -2.80. The summed E-state index contributed by atoms with van der Waals surface area (Å²) in [6, 6.07) is 13.0. The highest BCUT2D eigenvalue weighted by atomic mass is 32.2. The fraction of sp³-hybridized carbons (Fsp3) is 0.286. The molecule has 6 nitrogen and oxygen atoms in total. The van der Waals surface area contributed by atoms with E-state index in [9.17, 15) is 0 Å². The highest BCUT2D eigenvalue weighted by Gasteiger charge is 2.30. The lowest BCUT2D eigenvalue weighted by atomic mass is 10.1. The topological polar surface area (TPSA) is 62.6 Å². The van der Waals surface area contributed by atoms with Gasteiger partial charge < -0.3 is 9.88 Å². The van der Waals surface area contributed by atoms with Gasteiger partial charge in [0.1, 0.15) is 11.3 Å². The summed E-state index contributed by atoms with van der Waals surface area (Å²) in [7, 11) is 0. The van der Waals surface area contributed by atoms with Gasteiger partial charge in [0.25, 0.3) is 0 Å². The van der Waals surface area contributed by atoms with Crippen LogP contribution >= 0.6 is 11.8 Å². The normalized spacial score (nSPS) is 16.9. The minimum absolute atomic E-state index is 0.273. The first-order valence-corrected chi connectivity index (χ1v) is 10.7. The van der Waals surface area contributed by atoms with Crippen molar-refractivity contribution in [2.45, 2.75) is 30.7 Å². The maximum absolute atomic E-state index is 4.99. The van der Waals surface area contributed by atoms with Crippen LogP contribution in [-0.2, 0) is 0 Å². The minimum Gasteiger partial charge on any atom is -0.361 e. The zero-order chi connectivity index (χ0) is 19.1. The number of imidazole rings is 1. The van der Waals surface area contributed by atoms with Crippen LogP contribution in [0.15, 0.2) is 53.7 Å². The van der Waals surface area contributed by atoms with E-state index in [1.54, 1.807) is 29.0 Å². The first-order valence-electron chi connectivity index (χ1n) is 9.51. The molecule has 1 atom stereocenters. The smallest absolute Gasteiger partial charge is 0.130 e. The van der Waals surface area contributed by atoms with E-state index in [1.807, 2.05) is 0 Å². The second kappa shape index (κ2) is 6.98. The van der Waals surface area contributed by atoms with Gasteiger partial charge in [-0.2, -0.15) is 15.0 Å². The predicted molar refractivity (Wildman–Crippen MR) is 113 cm³/mol. The van der Waals surface area contributed by atoms with Crippen LogP contribution in [0.4, 0.5) is 5.69 Å². The van der Waals surface area contributed by atoms with Gasteiger partial charge in [-0.25, -0.2) is 4.98 Å². The van der Waals surface area contributed by atoms with E-state index < -0.39 is 0 Å². The van der Waals surface area contributed by atoms with E-state index in [4.69, 9.17) is 4.98 Å². The first-order chi connectivity index (χ1) is 13.7. The van der Waals surface area contributed by atoms with Crippen LogP contribution in [0.2, 0.25) is 0 Å². The highest BCUT2D eigenvalue weighted by molar-refractivity contribution is 7.98. The second-order valence-electron chi connectivity index (χ2n) is 7.12. The van der Waals surface area contributed by atoms with Gasteiger partial charge in [0.15, 0.2) is 0 Å². The highest BCUT2D eigenvalue weighted by Crippen LogP contribution is 2.38. The van der Waals surface area contributed by atoms with Gasteiger partial charge >= 0.3 is 0 Å². The molecule has 28 heavy (non-hydrogen) atoms. The van der Waals surface area contributed by atoms with Crippen molar-refractivity contribution >= 4 is 28.5 Å².